The van der Waals surface area contributed by atoms with Crippen molar-refractivity contribution >= 4 is 23.7 Å². The number of aryl methyl sites for hydroxylation is 1. The lowest BCUT2D eigenvalue weighted by Gasteiger charge is -2.35. The zero-order chi connectivity index (χ0) is 20.1. The minimum Gasteiger partial charge on any atom is -0.345 e. The Morgan fingerprint density at radius 2 is 2.14 bits per heavy atom. The minimum atomic E-state index is -0.0957. The molecule has 0 saturated carbocycles. The van der Waals surface area contributed by atoms with Crippen molar-refractivity contribution in [2.45, 2.75) is 32.2 Å². The summed E-state index contributed by atoms with van der Waals surface area (Å²) in [6, 6.07) is 3.53. The number of anilines is 2. The lowest BCUT2D eigenvalue weighted by Crippen LogP contribution is -2.38. The molecule has 0 unspecified atom stereocenters. The van der Waals surface area contributed by atoms with Crippen LogP contribution in [-0.4, -0.2) is 47.3 Å². The van der Waals surface area contributed by atoms with E-state index in [9.17, 15) is 4.79 Å². The largest absolute Gasteiger partial charge is 0.345 e. The normalized spacial score (nSPS) is 16.9. The summed E-state index contributed by atoms with van der Waals surface area (Å²) in [5.41, 5.74) is 1.61. The Kier molecular flexibility index (Phi) is 5.55. The van der Waals surface area contributed by atoms with Gasteiger partial charge >= 0.3 is 0 Å². The number of hydrogen-bond acceptors (Lipinski definition) is 7. The molecule has 1 fully saturated rings. The van der Waals surface area contributed by atoms with Crippen LogP contribution >= 0.6 is 0 Å². The predicted molar refractivity (Wildman–Crippen MR) is 108 cm³/mol. The molecule has 3 aromatic heterocycles. The number of carbonyl (C=O) groups excluding carboxylic acids is 1. The van der Waals surface area contributed by atoms with Gasteiger partial charge in [-0.2, -0.15) is 0 Å². The number of aromatic amines is 1. The summed E-state index contributed by atoms with van der Waals surface area (Å²) >= 11 is 0. The number of H-pyrrole nitrogens is 1. The molecular weight excluding hydrogens is 368 g/mol. The first-order valence-electron chi connectivity index (χ1n) is 9.56. The molecule has 9 heteroatoms. The molecule has 1 amide bonds. The number of carbonyl (C=O) groups is 1. The van der Waals surface area contributed by atoms with Gasteiger partial charge in [-0.15, -0.1) is 0 Å². The Morgan fingerprint density at radius 3 is 2.93 bits per heavy atom. The van der Waals surface area contributed by atoms with Crippen molar-refractivity contribution in [2.75, 3.05) is 11.9 Å². The smallest absolute Gasteiger partial charge is 0.247 e. The molecule has 0 radical (unpaired) electrons. The molecule has 1 saturated heterocycles. The first kappa shape index (κ1) is 18.7. The third kappa shape index (κ3) is 4.63. The van der Waals surface area contributed by atoms with Crippen LogP contribution in [0.5, 0.6) is 0 Å². The monoisotopic (exact) mass is 390 g/mol. The molecule has 1 aliphatic rings. The summed E-state index contributed by atoms with van der Waals surface area (Å²) in [6.45, 7) is 2.54. The summed E-state index contributed by atoms with van der Waals surface area (Å²) in [7, 11) is 0. The molecule has 1 atom stereocenters. The Bertz CT molecular complexity index is 987. The Morgan fingerprint density at radius 1 is 1.28 bits per heavy atom. The fraction of sp³-hybridized carbons (Fsp3) is 0.300. The Hall–Kier alpha value is -3.62. The summed E-state index contributed by atoms with van der Waals surface area (Å²) in [5, 5.41) is 3.11. The van der Waals surface area contributed by atoms with E-state index < -0.39 is 0 Å². The van der Waals surface area contributed by atoms with Gasteiger partial charge in [0.05, 0.1) is 30.0 Å². The van der Waals surface area contributed by atoms with Crippen molar-refractivity contribution in [3.8, 4) is 0 Å². The molecule has 4 rings (SSSR count). The molecule has 0 spiro atoms. The second kappa shape index (κ2) is 8.59. The van der Waals surface area contributed by atoms with E-state index in [-0.39, 0.29) is 11.9 Å². The number of nitrogens with zero attached hydrogens (tertiary/aromatic N) is 6. The summed E-state index contributed by atoms with van der Waals surface area (Å²) in [6.07, 6.45) is 12.8. The van der Waals surface area contributed by atoms with E-state index in [0.717, 1.165) is 30.7 Å². The highest BCUT2D eigenvalue weighted by molar-refractivity contribution is 5.91. The van der Waals surface area contributed by atoms with Gasteiger partial charge in [-0.25, -0.2) is 24.9 Å². The number of piperidine rings is 1. The van der Waals surface area contributed by atoms with Gasteiger partial charge in [-0.3, -0.25) is 4.79 Å². The van der Waals surface area contributed by atoms with Crippen molar-refractivity contribution < 1.29 is 4.79 Å². The number of imidazole rings is 1. The van der Waals surface area contributed by atoms with Gasteiger partial charge in [0.15, 0.2) is 0 Å². The van der Waals surface area contributed by atoms with Crippen LogP contribution < -0.4 is 5.32 Å². The fourth-order valence-electron chi connectivity index (χ4n) is 3.42. The summed E-state index contributed by atoms with van der Waals surface area (Å²) in [4.78, 5) is 39.1. The molecule has 148 valence electrons. The van der Waals surface area contributed by atoms with Crippen molar-refractivity contribution in [3.05, 3.63) is 60.3 Å². The first-order valence-corrected chi connectivity index (χ1v) is 9.56. The standard InChI is InChI=1S/C20H22N8O/c1-14-25-16(11-18(26-14)27-20-22-8-4-9-23-20)17-5-2-3-10-28(17)19(29)7-6-15-12-21-13-24-15/h4,6-9,11-13,17H,2-3,5,10H2,1H3,(H,21,24)(H,22,23,25,26,27)/b7-6+/t17-/m0/s1. The van der Waals surface area contributed by atoms with E-state index in [1.165, 1.54) is 0 Å². The van der Waals surface area contributed by atoms with E-state index >= 15 is 0 Å². The number of amides is 1. The fourth-order valence-corrected chi connectivity index (χ4v) is 3.42. The highest BCUT2D eigenvalue weighted by Gasteiger charge is 2.28. The SMILES string of the molecule is Cc1nc(Nc2ncccn2)cc([C@@H]2CCCCN2C(=O)/C=C/c2cnc[nH]2)n1. The molecule has 0 aromatic carbocycles. The molecular formula is C20H22N8O. The van der Waals surface area contributed by atoms with Crippen LogP contribution in [0.15, 0.2) is 43.1 Å². The number of rotatable bonds is 5. The van der Waals surface area contributed by atoms with Crippen molar-refractivity contribution in [1.29, 1.82) is 0 Å². The Balaban J connectivity index is 1.57. The molecule has 1 aliphatic heterocycles. The van der Waals surface area contributed by atoms with Crippen molar-refractivity contribution in [3.63, 3.8) is 0 Å². The molecule has 2 N–H and O–H groups in total. The number of likely N-dealkylation sites (tertiary alicyclic amines) is 1. The van der Waals surface area contributed by atoms with Crippen molar-refractivity contribution in [2.24, 2.45) is 0 Å². The van der Waals surface area contributed by atoms with E-state index in [4.69, 9.17) is 0 Å². The molecule has 9 nitrogen and oxygen atoms in total. The maximum absolute atomic E-state index is 12.9. The van der Waals surface area contributed by atoms with Crippen LogP contribution in [-0.2, 0) is 4.79 Å². The zero-order valence-electron chi connectivity index (χ0n) is 16.1. The zero-order valence-corrected chi connectivity index (χ0v) is 16.1. The number of hydrogen-bond donors (Lipinski definition) is 2. The predicted octanol–water partition coefficient (Wildman–Crippen LogP) is 2.81. The summed E-state index contributed by atoms with van der Waals surface area (Å²) in [5.74, 6) is 1.67. The Labute approximate surface area is 168 Å². The van der Waals surface area contributed by atoms with E-state index in [1.807, 2.05) is 17.9 Å². The highest BCUT2D eigenvalue weighted by atomic mass is 16.2. The second-order valence-electron chi connectivity index (χ2n) is 6.81. The van der Waals surface area contributed by atoms with Crippen LogP contribution in [0.2, 0.25) is 0 Å². The van der Waals surface area contributed by atoms with Crippen LogP contribution in [0.1, 0.15) is 42.5 Å². The average molecular weight is 390 g/mol. The molecule has 4 heterocycles. The van der Waals surface area contributed by atoms with Gasteiger partial charge < -0.3 is 15.2 Å². The maximum atomic E-state index is 12.9. The van der Waals surface area contributed by atoms with Crippen LogP contribution in [0, 0.1) is 6.92 Å². The van der Waals surface area contributed by atoms with Gasteiger partial charge in [0, 0.05) is 31.1 Å². The van der Waals surface area contributed by atoms with Gasteiger partial charge in [0.25, 0.3) is 0 Å². The van der Waals surface area contributed by atoms with Crippen LogP contribution in [0.25, 0.3) is 6.08 Å². The third-order valence-electron chi connectivity index (χ3n) is 4.72. The first-order chi connectivity index (χ1) is 14.2. The molecule has 0 bridgehead atoms. The minimum absolute atomic E-state index is 0.0403. The van der Waals surface area contributed by atoms with E-state index in [0.29, 0.717) is 24.1 Å². The topological polar surface area (TPSA) is 113 Å². The summed E-state index contributed by atoms with van der Waals surface area (Å²) < 4.78 is 0. The molecule has 29 heavy (non-hydrogen) atoms. The average Bonchev–Trinajstić information content (AvgIpc) is 3.26. The van der Waals surface area contributed by atoms with Gasteiger partial charge in [0.1, 0.15) is 11.6 Å². The molecule has 0 aliphatic carbocycles. The van der Waals surface area contributed by atoms with Crippen LogP contribution in [0.3, 0.4) is 0 Å². The highest BCUT2D eigenvalue weighted by Crippen LogP contribution is 2.31. The van der Waals surface area contributed by atoms with Crippen molar-refractivity contribution in [1.82, 2.24) is 34.8 Å². The lowest BCUT2D eigenvalue weighted by atomic mass is 9.98. The van der Waals surface area contributed by atoms with Crippen LogP contribution in [0.4, 0.5) is 11.8 Å². The third-order valence-corrected chi connectivity index (χ3v) is 4.72. The van der Waals surface area contributed by atoms with E-state index in [1.54, 1.807) is 43.1 Å². The number of aromatic nitrogens is 6. The van der Waals surface area contributed by atoms with Gasteiger partial charge in [0.2, 0.25) is 11.9 Å². The molecule has 3 aromatic rings. The maximum Gasteiger partial charge on any atom is 0.247 e. The van der Waals surface area contributed by atoms with Gasteiger partial charge in [-0.05, 0) is 38.3 Å². The van der Waals surface area contributed by atoms with Gasteiger partial charge in [-0.1, -0.05) is 0 Å². The quantitative estimate of drug-likeness (QED) is 0.644. The second-order valence-corrected chi connectivity index (χ2v) is 6.81. The van der Waals surface area contributed by atoms with E-state index in [2.05, 4.69) is 35.2 Å². The number of nitrogens with one attached hydrogen (secondary N) is 2. The lowest BCUT2D eigenvalue weighted by molar-refractivity contribution is -0.129.